The van der Waals surface area contributed by atoms with Gasteiger partial charge in [0.2, 0.25) is 0 Å². The summed E-state index contributed by atoms with van der Waals surface area (Å²) in [4.78, 5) is 4.21. The number of rotatable bonds is 3. The Labute approximate surface area is 103 Å². The maximum Gasteiger partial charge on any atom is 0.0425 e. The highest BCUT2D eigenvalue weighted by Crippen LogP contribution is 2.28. The predicted octanol–water partition coefficient (Wildman–Crippen LogP) is 4.18. The van der Waals surface area contributed by atoms with E-state index < -0.39 is 0 Å². The van der Waals surface area contributed by atoms with Gasteiger partial charge in [-0.25, -0.2) is 0 Å². The third-order valence-corrected chi connectivity index (χ3v) is 2.89. The summed E-state index contributed by atoms with van der Waals surface area (Å²) < 4.78 is 0. The highest BCUT2D eigenvalue weighted by molar-refractivity contribution is 5.94. The van der Waals surface area contributed by atoms with Crippen molar-refractivity contribution in [1.82, 2.24) is 4.98 Å². The van der Waals surface area contributed by atoms with Crippen LogP contribution in [0.4, 0.5) is 5.69 Å². The monoisotopic (exact) mass is 228 g/mol. The van der Waals surface area contributed by atoms with Crippen LogP contribution >= 0.6 is 0 Å². The van der Waals surface area contributed by atoms with Crippen LogP contribution in [0.5, 0.6) is 0 Å². The van der Waals surface area contributed by atoms with Crippen molar-refractivity contribution in [1.29, 1.82) is 0 Å². The van der Waals surface area contributed by atoms with Crippen molar-refractivity contribution in [3.63, 3.8) is 0 Å². The van der Waals surface area contributed by atoms with Gasteiger partial charge in [0, 0.05) is 34.9 Å². The van der Waals surface area contributed by atoms with Crippen molar-refractivity contribution in [3.05, 3.63) is 36.2 Å². The van der Waals surface area contributed by atoms with Gasteiger partial charge in [-0.05, 0) is 43.5 Å². The van der Waals surface area contributed by atoms with Crippen LogP contribution in [0.15, 0.2) is 30.6 Å². The molecule has 0 spiro atoms. The Balaban J connectivity index is 2.60. The summed E-state index contributed by atoms with van der Waals surface area (Å²) in [5.41, 5.74) is 2.57. The Morgan fingerprint density at radius 2 is 1.88 bits per heavy atom. The van der Waals surface area contributed by atoms with Crippen LogP contribution in [0, 0.1) is 0 Å². The minimum Gasteiger partial charge on any atom is -0.382 e. The van der Waals surface area contributed by atoms with E-state index in [0.717, 1.165) is 0 Å². The Morgan fingerprint density at radius 1 is 1.12 bits per heavy atom. The van der Waals surface area contributed by atoms with Gasteiger partial charge in [-0.3, -0.25) is 4.98 Å². The quantitative estimate of drug-likeness (QED) is 0.852. The molecule has 0 aliphatic rings. The van der Waals surface area contributed by atoms with E-state index in [2.05, 4.69) is 56.2 Å². The molecule has 0 saturated carbocycles. The summed E-state index contributed by atoms with van der Waals surface area (Å²) in [7, 11) is 0. The van der Waals surface area contributed by atoms with Crippen LogP contribution < -0.4 is 5.32 Å². The fraction of sp³-hybridized carbons (Fsp3) is 0.400. The Hall–Kier alpha value is -1.57. The van der Waals surface area contributed by atoms with Crippen molar-refractivity contribution in [2.24, 2.45) is 0 Å². The minimum absolute atomic E-state index is 0.439. The largest absolute Gasteiger partial charge is 0.382 e. The molecule has 0 atom stereocenters. The summed E-state index contributed by atoms with van der Waals surface area (Å²) in [6.45, 7) is 8.76. The highest BCUT2D eigenvalue weighted by atomic mass is 14.9. The standard InChI is InChI=1S/C15H20N2/c1-10(2)12-7-13-9-16-6-5-14(13)15(8-12)17-11(3)4/h5-11,17H,1-4H3. The number of nitrogens with zero attached hydrogens (tertiary/aromatic N) is 1. The van der Waals surface area contributed by atoms with E-state index in [0.29, 0.717) is 12.0 Å². The van der Waals surface area contributed by atoms with Crippen LogP contribution in [0.2, 0.25) is 0 Å². The number of aromatic nitrogens is 1. The average Bonchev–Trinajstić information content (AvgIpc) is 2.28. The van der Waals surface area contributed by atoms with Crippen molar-refractivity contribution in [3.8, 4) is 0 Å². The molecule has 17 heavy (non-hydrogen) atoms. The van der Waals surface area contributed by atoms with E-state index in [9.17, 15) is 0 Å². The molecule has 0 saturated heterocycles. The van der Waals surface area contributed by atoms with Gasteiger partial charge >= 0.3 is 0 Å². The number of pyridine rings is 1. The first-order valence-corrected chi connectivity index (χ1v) is 6.22. The number of hydrogen-bond acceptors (Lipinski definition) is 2. The molecule has 1 heterocycles. The van der Waals surface area contributed by atoms with Crippen LogP contribution in [0.1, 0.15) is 39.2 Å². The molecule has 90 valence electrons. The first kappa shape index (κ1) is 11.9. The third-order valence-electron chi connectivity index (χ3n) is 2.89. The SMILES string of the molecule is CC(C)Nc1cc(C(C)C)cc2cnccc12. The molecule has 0 amide bonds. The summed E-state index contributed by atoms with van der Waals surface area (Å²) in [6, 6.07) is 7.00. The highest BCUT2D eigenvalue weighted by Gasteiger charge is 2.07. The molecule has 2 rings (SSSR count). The van der Waals surface area contributed by atoms with Gasteiger partial charge in [0.25, 0.3) is 0 Å². The Bertz CT molecular complexity index is 515. The van der Waals surface area contributed by atoms with Crippen molar-refractivity contribution >= 4 is 16.5 Å². The van der Waals surface area contributed by atoms with Crippen LogP contribution in [0.25, 0.3) is 10.8 Å². The molecule has 2 nitrogen and oxygen atoms in total. The van der Waals surface area contributed by atoms with Gasteiger partial charge in [0.1, 0.15) is 0 Å². The Morgan fingerprint density at radius 3 is 2.53 bits per heavy atom. The fourth-order valence-corrected chi connectivity index (χ4v) is 2.00. The number of fused-ring (bicyclic) bond motifs is 1. The van der Waals surface area contributed by atoms with E-state index >= 15 is 0 Å². The molecular weight excluding hydrogens is 208 g/mol. The lowest BCUT2D eigenvalue weighted by molar-refractivity contribution is 0.864. The maximum atomic E-state index is 4.21. The first-order chi connectivity index (χ1) is 8.08. The first-order valence-electron chi connectivity index (χ1n) is 6.22. The van der Waals surface area contributed by atoms with Gasteiger partial charge < -0.3 is 5.32 Å². The second kappa shape index (κ2) is 4.74. The zero-order chi connectivity index (χ0) is 12.4. The third kappa shape index (κ3) is 2.57. The fourth-order valence-electron chi connectivity index (χ4n) is 2.00. The second-order valence-electron chi connectivity index (χ2n) is 5.12. The topological polar surface area (TPSA) is 24.9 Å². The van der Waals surface area contributed by atoms with Crippen molar-refractivity contribution in [2.75, 3.05) is 5.32 Å². The average molecular weight is 228 g/mol. The number of hydrogen-bond donors (Lipinski definition) is 1. The van der Waals surface area contributed by atoms with Crippen LogP contribution in [-0.4, -0.2) is 11.0 Å². The molecule has 0 fully saturated rings. The van der Waals surface area contributed by atoms with Crippen LogP contribution in [-0.2, 0) is 0 Å². The normalized spacial score (nSPS) is 11.4. The second-order valence-corrected chi connectivity index (χ2v) is 5.12. The summed E-state index contributed by atoms with van der Waals surface area (Å²) in [5.74, 6) is 0.535. The molecule has 2 aromatic rings. The predicted molar refractivity (Wildman–Crippen MR) is 74.6 cm³/mol. The molecule has 0 unspecified atom stereocenters. The molecule has 1 aromatic carbocycles. The maximum absolute atomic E-state index is 4.21. The van der Waals surface area contributed by atoms with E-state index in [1.165, 1.54) is 22.0 Å². The van der Waals surface area contributed by atoms with Gasteiger partial charge in [-0.1, -0.05) is 13.8 Å². The molecule has 0 radical (unpaired) electrons. The summed E-state index contributed by atoms with van der Waals surface area (Å²) >= 11 is 0. The summed E-state index contributed by atoms with van der Waals surface area (Å²) in [5, 5.41) is 5.97. The molecule has 0 aliphatic carbocycles. The zero-order valence-corrected chi connectivity index (χ0v) is 11.0. The zero-order valence-electron chi connectivity index (χ0n) is 11.0. The molecule has 2 heteroatoms. The van der Waals surface area contributed by atoms with Gasteiger partial charge in [0.05, 0.1) is 0 Å². The molecule has 1 aromatic heterocycles. The lowest BCUT2D eigenvalue weighted by Crippen LogP contribution is -2.10. The minimum atomic E-state index is 0.439. The van der Waals surface area contributed by atoms with E-state index in [-0.39, 0.29) is 0 Å². The van der Waals surface area contributed by atoms with E-state index in [1.807, 2.05) is 12.4 Å². The summed E-state index contributed by atoms with van der Waals surface area (Å²) in [6.07, 6.45) is 3.79. The van der Waals surface area contributed by atoms with Gasteiger partial charge in [0.15, 0.2) is 0 Å². The lowest BCUT2D eigenvalue weighted by Gasteiger charge is -2.16. The number of anilines is 1. The lowest BCUT2D eigenvalue weighted by atomic mass is 9.98. The van der Waals surface area contributed by atoms with Gasteiger partial charge in [-0.2, -0.15) is 0 Å². The van der Waals surface area contributed by atoms with Gasteiger partial charge in [-0.15, -0.1) is 0 Å². The smallest absolute Gasteiger partial charge is 0.0425 e. The van der Waals surface area contributed by atoms with Crippen molar-refractivity contribution < 1.29 is 0 Å². The molecular formula is C15H20N2. The number of nitrogens with one attached hydrogen (secondary N) is 1. The van der Waals surface area contributed by atoms with Crippen LogP contribution in [0.3, 0.4) is 0 Å². The Kier molecular flexibility index (Phi) is 3.32. The van der Waals surface area contributed by atoms with Crippen molar-refractivity contribution in [2.45, 2.75) is 39.7 Å². The molecule has 0 bridgehead atoms. The van der Waals surface area contributed by atoms with E-state index in [1.54, 1.807) is 0 Å². The van der Waals surface area contributed by atoms with E-state index in [4.69, 9.17) is 0 Å². The molecule has 1 N–H and O–H groups in total. The number of benzene rings is 1. The molecule has 0 aliphatic heterocycles.